The summed E-state index contributed by atoms with van der Waals surface area (Å²) in [5.41, 5.74) is 2.61. The molecular formula is C16H20N4. The first-order valence-corrected chi connectivity index (χ1v) is 7.23. The van der Waals surface area contributed by atoms with E-state index in [1.165, 1.54) is 16.5 Å². The quantitative estimate of drug-likeness (QED) is 0.772. The predicted octanol–water partition coefficient (Wildman–Crippen LogP) is 3.26. The van der Waals surface area contributed by atoms with Gasteiger partial charge in [-0.3, -0.25) is 4.68 Å². The monoisotopic (exact) mass is 268 g/mol. The lowest BCUT2D eigenvalue weighted by Crippen LogP contribution is -2.04. The molecule has 1 aromatic carbocycles. The van der Waals surface area contributed by atoms with Crippen LogP contribution in [0.1, 0.15) is 30.6 Å². The maximum Gasteiger partial charge on any atom is 0.147 e. The summed E-state index contributed by atoms with van der Waals surface area (Å²) in [6.45, 7) is 4.95. The number of H-pyrrole nitrogens is 1. The van der Waals surface area contributed by atoms with Crippen LogP contribution in [0.25, 0.3) is 10.9 Å². The van der Waals surface area contributed by atoms with Crippen molar-refractivity contribution in [2.75, 3.05) is 0 Å². The van der Waals surface area contributed by atoms with E-state index in [1.54, 1.807) is 0 Å². The van der Waals surface area contributed by atoms with E-state index >= 15 is 0 Å². The lowest BCUT2D eigenvalue weighted by atomic mass is 10.1. The van der Waals surface area contributed by atoms with Crippen LogP contribution in [-0.2, 0) is 19.4 Å². The third-order valence-electron chi connectivity index (χ3n) is 3.68. The summed E-state index contributed by atoms with van der Waals surface area (Å²) < 4.78 is 2.00. The number of rotatable bonds is 5. The highest BCUT2D eigenvalue weighted by Gasteiger charge is 2.07. The molecule has 0 fully saturated rings. The summed E-state index contributed by atoms with van der Waals surface area (Å²) in [5, 5.41) is 5.73. The van der Waals surface area contributed by atoms with E-state index in [2.05, 4.69) is 52.5 Å². The molecule has 0 aliphatic carbocycles. The lowest BCUT2D eigenvalue weighted by molar-refractivity contribution is 0.600. The molecule has 0 spiro atoms. The van der Waals surface area contributed by atoms with Gasteiger partial charge in [0.15, 0.2) is 0 Å². The van der Waals surface area contributed by atoms with E-state index < -0.39 is 0 Å². The molecule has 20 heavy (non-hydrogen) atoms. The third kappa shape index (κ3) is 2.46. The number of nitrogens with zero attached hydrogens (tertiary/aromatic N) is 3. The smallest absolute Gasteiger partial charge is 0.147 e. The van der Waals surface area contributed by atoms with E-state index in [4.69, 9.17) is 0 Å². The maximum atomic E-state index is 4.51. The standard InChI is InChI=1S/C16H20N4/c1-3-20-16(18-12(2)19-20)10-6-7-13-11-17-15-9-5-4-8-14(13)15/h4-5,8-9,11,17H,3,6-7,10H2,1-2H3. The van der Waals surface area contributed by atoms with Crippen LogP contribution in [0.2, 0.25) is 0 Å². The molecule has 1 N–H and O–H groups in total. The second-order valence-electron chi connectivity index (χ2n) is 5.10. The zero-order valence-corrected chi connectivity index (χ0v) is 12.1. The van der Waals surface area contributed by atoms with Gasteiger partial charge in [-0.1, -0.05) is 18.2 Å². The van der Waals surface area contributed by atoms with Crippen LogP contribution in [0, 0.1) is 6.92 Å². The number of hydrogen-bond donors (Lipinski definition) is 1. The Balaban J connectivity index is 1.68. The van der Waals surface area contributed by atoms with E-state index in [-0.39, 0.29) is 0 Å². The summed E-state index contributed by atoms with van der Waals surface area (Å²) >= 11 is 0. The molecule has 0 saturated heterocycles. The molecule has 0 amide bonds. The van der Waals surface area contributed by atoms with Crippen molar-refractivity contribution in [1.82, 2.24) is 19.7 Å². The molecule has 0 unspecified atom stereocenters. The second kappa shape index (κ2) is 5.49. The van der Waals surface area contributed by atoms with Crippen molar-refractivity contribution >= 4 is 10.9 Å². The minimum absolute atomic E-state index is 0.869. The topological polar surface area (TPSA) is 46.5 Å². The zero-order chi connectivity index (χ0) is 13.9. The largest absolute Gasteiger partial charge is 0.361 e. The molecule has 3 rings (SSSR count). The lowest BCUT2D eigenvalue weighted by Gasteiger charge is -2.02. The van der Waals surface area contributed by atoms with Crippen molar-refractivity contribution in [3.8, 4) is 0 Å². The Hall–Kier alpha value is -2.10. The number of aromatic nitrogens is 4. The molecule has 0 radical (unpaired) electrons. The zero-order valence-electron chi connectivity index (χ0n) is 12.1. The summed E-state index contributed by atoms with van der Waals surface area (Å²) in [4.78, 5) is 7.84. The van der Waals surface area contributed by atoms with Crippen LogP contribution < -0.4 is 0 Å². The summed E-state index contributed by atoms with van der Waals surface area (Å²) in [6.07, 6.45) is 5.27. The SMILES string of the molecule is CCn1nc(C)nc1CCCc1c[nH]c2ccccc12. The number of fused-ring (bicyclic) bond motifs is 1. The Morgan fingerprint density at radius 2 is 2.05 bits per heavy atom. The summed E-state index contributed by atoms with van der Waals surface area (Å²) in [5.74, 6) is 1.97. The molecule has 0 aliphatic rings. The van der Waals surface area contributed by atoms with Crippen LogP contribution in [-0.4, -0.2) is 19.7 Å². The van der Waals surface area contributed by atoms with Gasteiger partial charge >= 0.3 is 0 Å². The molecule has 104 valence electrons. The average molecular weight is 268 g/mol. The molecular weight excluding hydrogens is 248 g/mol. The van der Waals surface area contributed by atoms with Gasteiger partial charge in [0.25, 0.3) is 0 Å². The van der Waals surface area contributed by atoms with Gasteiger partial charge in [-0.05, 0) is 38.3 Å². The summed E-state index contributed by atoms with van der Waals surface area (Å²) in [6, 6.07) is 8.46. The summed E-state index contributed by atoms with van der Waals surface area (Å²) in [7, 11) is 0. The minimum Gasteiger partial charge on any atom is -0.361 e. The number of nitrogens with one attached hydrogen (secondary N) is 1. The van der Waals surface area contributed by atoms with Gasteiger partial charge < -0.3 is 4.98 Å². The van der Waals surface area contributed by atoms with Gasteiger partial charge in [0.1, 0.15) is 11.6 Å². The maximum absolute atomic E-state index is 4.51. The van der Waals surface area contributed by atoms with Crippen LogP contribution >= 0.6 is 0 Å². The van der Waals surface area contributed by atoms with Crippen molar-refractivity contribution in [2.24, 2.45) is 0 Å². The molecule has 2 aromatic heterocycles. The van der Waals surface area contributed by atoms with Crippen molar-refractivity contribution < 1.29 is 0 Å². The van der Waals surface area contributed by atoms with Gasteiger partial charge in [0.2, 0.25) is 0 Å². The van der Waals surface area contributed by atoms with Crippen LogP contribution in [0.4, 0.5) is 0 Å². The molecule has 4 nitrogen and oxygen atoms in total. The number of hydrogen-bond acceptors (Lipinski definition) is 2. The molecule has 0 aliphatic heterocycles. The Morgan fingerprint density at radius 1 is 1.20 bits per heavy atom. The molecule has 0 saturated carbocycles. The first-order chi connectivity index (χ1) is 9.78. The molecule has 4 heteroatoms. The van der Waals surface area contributed by atoms with E-state index in [0.717, 1.165) is 37.5 Å². The molecule has 3 aromatic rings. The van der Waals surface area contributed by atoms with Gasteiger partial charge in [0, 0.05) is 30.1 Å². The number of aryl methyl sites for hydroxylation is 4. The Morgan fingerprint density at radius 3 is 2.90 bits per heavy atom. The van der Waals surface area contributed by atoms with Crippen LogP contribution in [0.3, 0.4) is 0 Å². The first kappa shape index (κ1) is 12.9. The van der Waals surface area contributed by atoms with Crippen LogP contribution in [0.15, 0.2) is 30.5 Å². The fraction of sp³-hybridized carbons (Fsp3) is 0.375. The highest BCUT2D eigenvalue weighted by molar-refractivity contribution is 5.82. The second-order valence-corrected chi connectivity index (χ2v) is 5.10. The van der Waals surface area contributed by atoms with Crippen molar-refractivity contribution in [3.63, 3.8) is 0 Å². The van der Waals surface area contributed by atoms with Gasteiger partial charge in [-0.2, -0.15) is 5.10 Å². The van der Waals surface area contributed by atoms with Crippen molar-refractivity contribution in [2.45, 2.75) is 39.7 Å². The van der Waals surface area contributed by atoms with Crippen LogP contribution in [0.5, 0.6) is 0 Å². The highest BCUT2D eigenvalue weighted by atomic mass is 15.3. The first-order valence-electron chi connectivity index (χ1n) is 7.23. The minimum atomic E-state index is 0.869. The fourth-order valence-electron chi connectivity index (χ4n) is 2.71. The van der Waals surface area contributed by atoms with Crippen molar-refractivity contribution in [1.29, 1.82) is 0 Å². The molecule has 0 bridgehead atoms. The van der Waals surface area contributed by atoms with E-state index in [9.17, 15) is 0 Å². The number of benzene rings is 1. The Kier molecular flexibility index (Phi) is 3.54. The number of aromatic amines is 1. The fourth-order valence-corrected chi connectivity index (χ4v) is 2.71. The van der Waals surface area contributed by atoms with Gasteiger partial charge in [-0.15, -0.1) is 0 Å². The normalized spacial score (nSPS) is 11.3. The Labute approximate surface area is 118 Å². The molecule has 2 heterocycles. The Bertz CT molecular complexity index is 708. The van der Waals surface area contributed by atoms with E-state index in [1.807, 2.05) is 11.6 Å². The highest BCUT2D eigenvalue weighted by Crippen LogP contribution is 2.19. The van der Waals surface area contributed by atoms with Crippen molar-refractivity contribution in [3.05, 3.63) is 47.7 Å². The molecule has 0 atom stereocenters. The predicted molar refractivity (Wildman–Crippen MR) is 80.8 cm³/mol. The van der Waals surface area contributed by atoms with Gasteiger partial charge in [0.05, 0.1) is 0 Å². The van der Waals surface area contributed by atoms with E-state index in [0.29, 0.717) is 0 Å². The average Bonchev–Trinajstić information content (AvgIpc) is 3.03. The number of para-hydroxylation sites is 1. The van der Waals surface area contributed by atoms with Gasteiger partial charge in [-0.25, -0.2) is 4.98 Å². The third-order valence-corrected chi connectivity index (χ3v) is 3.68.